The average Bonchev–Trinajstić information content (AvgIpc) is 2.86. The quantitative estimate of drug-likeness (QED) is 0.816. The van der Waals surface area contributed by atoms with E-state index in [0.717, 1.165) is 12.8 Å². The number of hydrogen-bond acceptors (Lipinski definition) is 4. The molecule has 0 aromatic rings. The van der Waals surface area contributed by atoms with Gasteiger partial charge in [-0.15, -0.1) is 0 Å². The Balaban J connectivity index is 1.75. The third-order valence-corrected chi connectivity index (χ3v) is 4.80. The van der Waals surface area contributed by atoms with Crippen LogP contribution in [0.2, 0.25) is 0 Å². The van der Waals surface area contributed by atoms with E-state index in [9.17, 15) is 4.79 Å². The first-order chi connectivity index (χ1) is 10.9. The number of ether oxygens (including phenoxy) is 1. The fraction of sp³-hybridized carbons (Fsp3) is 0.944. The molecule has 1 amide bonds. The smallest absolute Gasteiger partial charge is 0.407 e. The van der Waals surface area contributed by atoms with Gasteiger partial charge in [-0.05, 0) is 78.9 Å². The summed E-state index contributed by atoms with van der Waals surface area (Å²) in [7, 11) is 0. The third-order valence-electron chi connectivity index (χ3n) is 4.80. The topological polar surface area (TPSA) is 53.6 Å². The van der Waals surface area contributed by atoms with Gasteiger partial charge in [-0.3, -0.25) is 0 Å². The molecular weight excluding hydrogens is 290 g/mol. The molecule has 2 unspecified atom stereocenters. The molecule has 2 N–H and O–H groups in total. The normalized spacial score (nSPS) is 27.1. The van der Waals surface area contributed by atoms with E-state index in [4.69, 9.17) is 4.74 Å². The van der Waals surface area contributed by atoms with Crippen LogP contribution in [0.3, 0.4) is 0 Å². The number of alkyl carbamates (subject to hydrolysis) is 1. The molecule has 0 aromatic carbocycles. The Morgan fingerprint density at radius 3 is 2.39 bits per heavy atom. The van der Waals surface area contributed by atoms with E-state index in [-0.39, 0.29) is 12.1 Å². The van der Waals surface area contributed by atoms with E-state index in [2.05, 4.69) is 22.5 Å². The van der Waals surface area contributed by atoms with E-state index in [1.165, 1.54) is 45.3 Å². The zero-order valence-electron chi connectivity index (χ0n) is 15.4. The number of hydrogen-bond donors (Lipinski definition) is 2. The van der Waals surface area contributed by atoms with Crippen molar-refractivity contribution in [3.63, 3.8) is 0 Å². The van der Waals surface area contributed by atoms with Gasteiger partial charge >= 0.3 is 6.09 Å². The first kappa shape index (κ1) is 18.5. The summed E-state index contributed by atoms with van der Waals surface area (Å²) in [6, 6.07) is 1.19. The van der Waals surface area contributed by atoms with Crippen LogP contribution in [0.4, 0.5) is 4.79 Å². The van der Waals surface area contributed by atoms with Gasteiger partial charge in [-0.25, -0.2) is 4.79 Å². The SMILES string of the molecule is CCCN1CCC(NC2CCCC2NC(=O)OC(C)(C)C)CC1. The second-order valence-electron chi connectivity index (χ2n) is 8.07. The Kier molecular flexibility index (Phi) is 6.72. The number of amides is 1. The van der Waals surface area contributed by atoms with Gasteiger partial charge in [-0.1, -0.05) is 6.92 Å². The van der Waals surface area contributed by atoms with Crippen LogP contribution in [-0.4, -0.2) is 54.4 Å². The number of carbonyl (C=O) groups excluding carboxylic acids is 1. The van der Waals surface area contributed by atoms with Crippen molar-refractivity contribution in [3.05, 3.63) is 0 Å². The highest BCUT2D eigenvalue weighted by atomic mass is 16.6. The van der Waals surface area contributed by atoms with Crippen molar-refractivity contribution >= 4 is 6.09 Å². The number of likely N-dealkylation sites (tertiary alicyclic amines) is 1. The summed E-state index contributed by atoms with van der Waals surface area (Å²) in [5.74, 6) is 0. The summed E-state index contributed by atoms with van der Waals surface area (Å²) in [5, 5.41) is 6.87. The van der Waals surface area contributed by atoms with Gasteiger partial charge < -0.3 is 20.3 Å². The molecule has 5 nitrogen and oxygen atoms in total. The molecular formula is C18H35N3O2. The van der Waals surface area contributed by atoms with Gasteiger partial charge in [0.1, 0.15) is 5.60 Å². The highest BCUT2D eigenvalue weighted by molar-refractivity contribution is 5.68. The zero-order valence-corrected chi connectivity index (χ0v) is 15.4. The number of piperidine rings is 1. The zero-order chi connectivity index (χ0) is 16.9. The summed E-state index contributed by atoms with van der Waals surface area (Å²) in [6.45, 7) is 11.6. The fourth-order valence-electron chi connectivity index (χ4n) is 3.73. The van der Waals surface area contributed by atoms with Crippen molar-refractivity contribution in [2.45, 2.75) is 89.9 Å². The molecule has 0 radical (unpaired) electrons. The lowest BCUT2D eigenvalue weighted by molar-refractivity contribution is 0.0495. The van der Waals surface area contributed by atoms with Crippen LogP contribution in [0.5, 0.6) is 0 Å². The number of nitrogens with one attached hydrogen (secondary N) is 2. The summed E-state index contributed by atoms with van der Waals surface area (Å²) >= 11 is 0. The van der Waals surface area contributed by atoms with Crippen LogP contribution in [-0.2, 0) is 4.74 Å². The van der Waals surface area contributed by atoms with E-state index in [0.29, 0.717) is 12.1 Å². The van der Waals surface area contributed by atoms with Crippen molar-refractivity contribution in [1.82, 2.24) is 15.5 Å². The maximum absolute atomic E-state index is 12.0. The van der Waals surface area contributed by atoms with Crippen LogP contribution in [0, 0.1) is 0 Å². The minimum atomic E-state index is -0.433. The second-order valence-corrected chi connectivity index (χ2v) is 8.07. The molecule has 23 heavy (non-hydrogen) atoms. The van der Waals surface area contributed by atoms with Crippen LogP contribution in [0.1, 0.15) is 66.2 Å². The van der Waals surface area contributed by atoms with E-state index >= 15 is 0 Å². The van der Waals surface area contributed by atoms with Crippen molar-refractivity contribution in [3.8, 4) is 0 Å². The first-order valence-corrected chi connectivity index (χ1v) is 9.35. The molecule has 2 rings (SSSR count). The van der Waals surface area contributed by atoms with E-state index in [1.54, 1.807) is 0 Å². The molecule has 1 heterocycles. The minimum Gasteiger partial charge on any atom is -0.444 e. The Labute approximate surface area is 141 Å². The summed E-state index contributed by atoms with van der Waals surface area (Å²) in [6.07, 6.45) is 6.76. The van der Waals surface area contributed by atoms with Gasteiger partial charge in [-0.2, -0.15) is 0 Å². The fourth-order valence-corrected chi connectivity index (χ4v) is 3.73. The summed E-state index contributed by atoms with van der Waals surface area (Å²) in [4.78, 5) is 14.6. The molecule has 1 saturated heterocycles. The Morgan fingerprint density at radius 1 is 1.13 bits per heavy atom. The lowest BCUT2D eigenvalue weighted by Crippen LogP contribution is -2.53. The lowest BCUT2D eigenvalue weighted by atomic mass is 10.0. The Morgan fingerprint density at radius 2 is 1.78 bits per heavy atom. The maximum Gasteiger partial charge on any atom is 0.407 e. The van der Waals surface area contributed by atoms with Gasteiger partial charge in [0.25, 0.3) is 0 Å². The van der Waals surface area contributed by atoms with Crippen molar-refractivity contribution < 1.29 is 9.53 Å². The first-order valence-electron chi connectivity index (χ1n) is 9.35. The maximum atomic E-state index is 12.0. The molecule has 1 aliphatic carbocycles. The predicted molar refractivity (Wildman–Crippen MR) is 93.7 cm³/mol. The molecule has 2 atom stereocenters. The van der Waals surface area contributed by atoms with Gasteiger partial charge in [0.15, 0.2) is 0 Å². The number of nitrogens with zero attached hydrogens (tertiary/aromatic N) is 1. The predicted octanol–water partition coefficient (Wildman–Crippen LogP) is 2.90. The molecule has 1 saturated carbocycles. The second kappa shape index (κ2) is 8.34. The monoisotopic (exact) mass is 325 g/mol. The highest BCUT2D eigenvalue weighted by Crippen LogP contribution is 2.22. The van der Waals surface area contributed by atoms with Crippen LogP contribution in [0.25, 0.3) is 0 Å². The standard InChI is InChI=1S/C18H35N3O2/c1-5-11-21-12-9-14(10-13-21)19-15-7-6-8-16(15)20-17(22)23-18(2,3)4/h14-16,19H,5-13H2,1-4H3,(H,20,22). The Bertz CT molecular complexity index is 373. The highest BCUT2D eigenvalue weighted by Gasteiger charge is 2.32. The molecule has 2 fully saturated rings. The summed E-state index contributed by atoms with van der Waals surface area (Å²) in [5.41, 5.74) is -0.433. The molecule has 5 heteroatoms. The van der Waals surface area contributed by atoms with Gasteiger partial charge in [0.2, 0.25) is 0 Å². The number of carbonyl (C=O) groups is 1. The third kappa shape index (κ3) is 6.30. The largest absolute Gasteiger partial charge is 0.444 e. The van der Waals surface area contributed by atoms with Gasteiger partial charge in [0, 0.05) is 18.1 Å². The van der Waals surface area contributed by atoms with Crippen LogP contribution in [0.15, 0.2) is 0 Å². The molecule has 0 bridgehead atoms. The molecule has 0 spiro atoms. The van der Waals surface area contributed by atoms with Crippen molar-refractivity contribution in [2.24, 2.45) is 0 Å². The number of rotatable bonds is 5. The van der Waals surface area contributed by atoms with E-state index in [1.807, 2.05) is 20.8 Å². The lowest BCUT2D eigenvalue weighted by Gasteiger charge is -2.35. The summed E-state index contributed by atoms with van der Waals surface area (Å²) < 4.78 is 5.39. The molecule has 1 aliphatic heterocycles. The van der Waals surface area contributed by atoms with Crippen molar-refractivity contribution in [1.29, 1.82) is 0 Å². The molecule has 2 aliphatic rings. The Hall–Kier alpha value is -0.810. The van der Waals surface area contributed by atoms with Gasteiger partial charge in [0.05, 0.1) is 0 Å². The van der Waals surface area contributed by atoms with E-state index < -0.39 is 5.60 Å². The molecule has 134 valence electrons. The van der Waals surface area contributed by atoms with Crippen LogP contribution < -0.4 is 10.6 Å². The molecule has 0 aromatic heterocycles. The average molecular weight is 325 g/mol. The van der Waals surface area contributed by atoms with Crippen molar-refractivity contribution in [2.75, 3.05) is 19.6 Å². The minimum absolute atomic E-state index is 0.207. The van der Waals surface area contributed by atoms with Crippen LogP contribution >= 0.6 is 0 Å².